The zero-order valence-electron chi connectivity index (χ0n) is 9.80. The van der Waals surface area contributed by atoms with Crippen molar-refractivity contribution in [2.24, 2.45) is 0 Å². The first-order valence-electron chi connectivity index (χ1n) is 5.73. The van der Waals surface area contributed by atoms with Gasteiger partial charge in [0.15, 0.2) is 5.82 Å². The van der Waals surface area contributed by atoms with Gasteiger partial charge < -0.3 is 9.84 Å². The SMILES string of the molecule is CS(=O)(=O)C1CCCC(NCc2ncon2)C1. The van der Waals surface area contributed by atoms with Gasteiger partial charge in [0.1, 0.15) is 9.84 Å². The summed E-state index contributed by atoms with van der Waals surface area (Å²) in [5.74, 6) is 0.603. The Balaban J connectivity index is 1.85. The van der Waals surface area contributed by atoms with Gasteiger partial charge in [-0.25, -0.2) is 8.42 Å². The number of aromatic nitrogens is 2. The van der Waals surface area contributed by atoms with Crippen LogP contribution in [0.3, 0.4) is 0 Å². The fourth-order valence-electron chi connectivity index (χ4n) is 2.23. The maximum absolute atomic E-state index is 11.5. The van der Waals surface area contributed by atoms with Crippen LogP contribution in [0, 0.1) is 0 Å². The Hall–Kier alpha value is -0.950. The van der Waals surface area contributed by atoms with Gasteiger partial charge in [-0.1, -0.05) is 11.6 Å². The minimum atomic E-state index is -2.92. The maximum Gasteiger partial charge on any atom is 0.213 e. The van der Waals surface area contributed by atoms with Gasteiger partial charge in [-0.2, -0.15) is 4.98 Å². The van der Waals surface area contributed by atoms with E-state index in [1.807, 2.05) is 0 Å². The minimum absolute atomic E-state index is 0.209. The predicted molar refractivity (Wildman–Crippen MR) is 62.0 cm³/mol. The second kappa shape index (κ2) is 5.14. The van der Waals surface area contributed by atoms with E-state index in [0.29, 0.717) is 18.8 Å². The molecule has 0 saturated heterocycles. The molecule has 0 radical (unpaired) electrons. The number of nitrogens with one attached hydrogen (secondary N) is 1. The number of rotatable bonds is 4. The van der Waals surface area contributed by atoms with Gasteiger partial charge >= 0.3 is 0 Å². The highest BCUT2D eigenvalue weighted by Crippen LogP contribution is 2.23. The van der Waals surface area contributed by atoms with E-state index < -0.39 is 9.84 Å². The molecule has 0 aliphatic heterocycles. The van der Waals surface area contributed by atoms with Gasteiger partial charge in [-0.15, -0.1) is 0 Å². The molecular weight excluding hydrogens is 242 g/mol. The van der Waals surface area contributed by atoms with E-state index in [9.17, 15) is 8.42 Å². The van der Waals surface area contributed by atoms with Crippen LogP contribution < -0.4 is 5.32 Å². The first-order valence-corrected chi connectivity index (χ1v) is 7.68. The van der Waals surface area contributed by atoms with Crippen molar-refractivity contribution in [3.63, 3.8) is 0 Å². The highest BCUT2D eigenvalue weighted by Gasteiger charge is 2.28. The lowest BCUT2D eigenvalue weighted by molar-refractivity contribution is 0.360. The predicted octanol–water partition coefficient (Wildman–Crippen LogP) is 0.515. The molecule has 17 heavy (non-hydrogen) atoms. The zero-order valence-corrected chi connectivity index (χ0v) is 10.6. The van der Waals surface area contributed by atoms with Crippen molar-refractivity contribution < 1.29 is 12.9 Å². The van der Waals surface area contributed by atoms with Crippen LogP contribution in [0.4, 0.5) is 0 Å². The standard InChI is InChI=1S/C10H17N3O3S/c1-17(14,15)9-4-2-3-8(5-9)11-6-10-12-7-16-13-10/h7-9,11H,2-6H2,1H3. The normalized spacial score (nSPS) is 25.9. The fourth-order valence-corrected chi connectivity index (χ4v) is 3.40. The molecular formula is C10H17N3O3S. The van der Waals surface area contributed by atoms with Gasteiger partial charge in [0, 0.05) is 12.3 Å². The summed E-state index contributed by atoms with van der Waals surface area (Å²) in [6, 6.07) is 0.224. The molecule has 1 aromatic heterocycles. The van der Waals surface area contributed by atoms with E-state index in [1.165, 1.54) is 12.6 Å². The van der Waals surface area contributed by atoms with Crippen molar-refractivity contribution in [1.29, 1.82) is 0 Å². The molecule has 1 aromatic rings. The van der Waals surface area contributed by atoms with Crippen LogP contribution in [0.5, 0.6) is 0 Å². The van der Waals surface area contributed by atoms with Crippen LogP contribution in [0.2, 0.25) is 0 Å². The molecule has 1 N–H and O–H groups in total. The molecule has 6 nitrogen and oxygen atoms in total. The Labute approximate surface area is 101 Å². The zero-order chi connectivity index (χ0) is 12.3. The van der Waals surface area contributed by atoms with Crippen molar-refractivity contribution >= 4 is 9.84 Å². The van der Waals surface area contributed by atoms with E-state index in [-0.39, 0.29) is 11.3 Å². The molecule has 0 spiro atoms. The molecule has 2 atom stereocenters. The Morgan fingerprint density at radius 3 is 3.00 bits per heavy atom. The first-order chi connectivity index (χ1) is 8.05. The number of hydrogen-bond acceptors (Lipinski definition) is 6. The van der Waals surface area contributed by atoms with Crippen molar-refractivity contribution in [2.45, 2.75) is 43.5 Å². The molecule has 0 bridgehead atoms. The highest BCUT2D eigenvalue weighted by atomic mass is 32.2. The van der Waals surface area contributed by atoms with E-state index in [1.54, 1.807) is 0 Å². The Morgan fingerprint density at radius 2 is 2.35 bits per heavy atom. The smallest absolute Gasteiger partial charge is 0.213 e. The lowest BCUT2D eigenvalue weighted by Gasteiger charge is -2.28. The van der Waals surface area contributed by atoms with Crippen molar-refractivity contribution in [3.05, 3.63) is 12.2 Å². The summed E-state index contributed by atoms with van der Waals surface area (Å²) < 4.78 is 27.6. The first kappa shape index (κ1) is 12.5. The van der Waals surface area contributed by atoms with Crippen LogP contribution >= 0.6 is 0 Å². The number of hydrogen-bond donors (Lipinski definition) is 1. The minimum Gasteiger partial charge on any atom is -0.343 e. The monoisotopic (exact) mass is 259 g/mol. The third kappa shape index (κ3) is 3.50. The molecule has 1 aliphatic rings. The van der Waals surface area contributed by atoms with Gasteiger partial charge in [-0.05, 0) is 19.3 Å². The summed E-state index contributed by atoms with van der Waals surface area (Å²) in [6.45, 7) is 0.525. The van der Waals surface area contributed by atoms with Crippen LogP contribution in [0.25, 0.3) is 0 Å². The summed E-state index contributed by atoms with van der Waals surface area (Å²) in [7, 11) is -2.92. The third-order valence-electron chi connectivity index (χ3n) is 3.19. The summed E-state index contributed by atoms with van der Waals surface area (Å²) >= 11 is 0. The average molecular weight is 259 g/mol. The lowest BCUT2D eigenvalue weighted by atomic mass is 9.95. The van der Waals surface area contributed by atoms with Crippen LogP contribution in [-0.2, 0) is 16.4 Å². The molecule has 2 unspecified atom stereocenters. The van der Waals surface area contributed by atoms with E-state index in [0.717, 1.165) is 19.3 Å². The second-order valence-electron chi connectivity index (χ2n) is 4.54. The van der Waals surface area contributed by atoms with E-state index >= 15 is 0 Å². The summed E-state index contributed by atoms with van der Waals surface area (Å²) in [6.07, 6.45) is 6.01. The molecule has 7 heteroatoms. The molecule has 1 saturated carbocycles. The Kier molecular flexibility index (Phi) is 3.78. The highest BCUT2D eigenvalue weighted by molar-refractivity contribution is 7.91. The van der Waals surface area contributed by atoms with Crippen LogP contribution in [-0.4, -0.2) is 36.1 Å². The molecule has 96 valence electrons. The van der Waals surface area contributed by atoms with Crippen molar-refractivity contribution in [1.82, 2.24) is 15.5 Å². The summed E-state index contributed by atoms with van der Waals surface area (Å²) in [5, 5.41) is 6.77. The molecule has 2 rings (SSSR count). The molecule has 0 aromatic carbocycles. The van der Waals surface area contributed by atoms with Crippen LogP contribution in [0.15, 0.2) is 10.9 Å². The molecule has 1 fully saturated rings. The second-order valence-corrected chi connectivity index (χ2v) is 6.87. The van der Waals surface area contributed by atoms with Crippen LogP contribution in [0.1, 0.15) is 31.5 Å². The number of nitrogens with zero attached hydrogens (tertiary/aromatic N) is 2. The Bertz CT molecular complexity index is 443. The van der Waals surface area contributed by atoms with E-state index in [2.05, 4.69) is 20.0 Å². The van der Waals surface area contributed by atoms with Gasteiger partial charge in [0.25, 0.3) is 0 Å². The fraction of sp³-hybridized carbons (Fsp3) is 0.800. The number of sulfone groups is 1. The average Bonchev–Trinajstić information content (AvgIpc) is 2.78. The topological polar surface area (TPSA) is 85.1 Å². The molecule has 0 amide bonds. The lowest BCUT2D eigenvalue weighted by Crippen LogP contribution is -2.38. The molecule has 1 aliphatic carbocycles. The molecule has 1 heterocycles. The summed E-state index contributed by atoms with van der Waals surface area (Å²) in [4.78, 5) is 3.91. The van der Waals surface area contributed by atoms with Crippen molar-refractivity contribution in [2.75, 3.05) is 6.26 Å². The maximum atomic E-state index is 11.5. The van der Waals surface area contributed by atoms with Crippen molar-refractivity contribution in [3.8, 4) is 0 Å². The van der Waals surface area contributed by atoms with Gasteiger partial charge in [0.2, 0.25) is 6.39 Å². The largest absolute Gasteiger partial charge is 0.343 e. The van der Waals surface area contributed by atoms with Gasteiger partial charge in [0.05, 0.1) is 11.8 Å². The third-order valence-corrected chi connectivity index (χ3v) is 4.83. The van der Waals surface area contributed by atoms with E-state index in [4.69, 9.17) is 0 Å². The summed E-state index contributed by atoms with van der Waals surface area (Å²) in [5.41, 5.74) is 0. The quantitative estimate of drug-likeness (QED) is 0.848. The van der Waals surface area contributed by atoms with Gasteiger partial charge in [-0.3, -0.25) is 0 Å². The Morgan fingerprint density at radius 1 is 1.53 bits per heavy atom.